The SMILES string of the molecule is Cc1cccc(C(=O)C(C#N)c2ccccc2Cl)c1C. The van der Waals surface area contributed by atoms with Crippen LogP contribution in [0.2, 0.25) is 5.02 Å². The van der Waals surface area contributed by atoms with Crippen LogP contribution in [0.3, 0.4) is 0 Å². The van der Waals surface area contributed by atoms with Crippen molar-refractivity contribution in [1.82, 2.24) is 0 Å². The van der Waals surface area contributed by atoms with E-state index in [0.717, 1.165) is 11.1 Å². The van der Waals surface area contributed by atoms with Crippen molar-refractivity contribution < 1.29 is 4.79 Å². The lowest BCUT2D eigenvalue weighted by Gasteiger charge is -2.13. The summed E-state index contributed by atoms with van der Waals surface area (Å²) >= 11 is 6.10. The standard InChI is InChI=1S/C17H14ClNO/c1-11-6-5-8-13(12(11)2)17(20)15(10-19)14-7-3-4-9-16(14)18/h3-9,15H,1-2H3. The third-order valence-corrected chi connectivity index (χ3v) is 3.82. The van der Waals surface area contributed by atoms with Gasteiger partial charge in [-0.1, -0.05) is 48.0 Å². The summed E-state index contributed by atoms with van der Waals surface area (Å²) in [4.78, 5) is 12.6. The largest absolute Gasteiger partial charge is 0.292 e. The van der Waals surface area contributed by atoms with Crippen LogP contribution in [0.4, 0.5) is 0 Å². The van der Waals surface area contributed by atoms with Crippen LogP contribution in [0.5, 0.6) is 0 Å². The Labute approximate surface area is 123 Å². The molecule has 2 rings (SSSR count). The van der Waals surface area contributed by atoms with Gasteiger partial charge in [0.15, 0.2) is 5.78 Å². The van der Waals surface area contributed by atoms with Gasteiger partial charge in [-0.25, -0.2) is 0 Å². The third kappa shape index (κ3) is 2.59. The van der Waals surface area contributed by atoms with E-state index in [2.05, 4.69) is 6.07 Å². The Balaban J connectivity index is 2.49. The Morgan fingerprint density at radius 2 is 1.85 bits per heavy atom. The van der Waals surface area contributed by atoms with Gasteiger partial charge in [0.1, 0.15) is 5.92 Å². The molecule has 0 aromatic heterocycles. The molecular formula is C17H14ClNO. The van der Waals surface area contributed by atoms with Crippen molar-refractivity contribution in [3.63, 3.8) is 0 Å². The van der Waals surface area contributed by atoms with Gasteiger partial charge in [0.25, 0.3) is 0 Å². The van der Waals surface area contributed by atoms with Gasteiger partial charge < -0.3 is 0 Å². The number of rotatable bonds is 3. The van der Waals surface area contributed by atoms with E-state index in [1.807, 2.05) is 26.0 Å². The number of halogens is 1. The minimum absolute atomic E-state index is 0.207. The van der Waals surface area contributed by atoms with E-state index in [0.29, 0.717) is 16.1 Å². The number of Topliss-reactive ketones (excluding diaryl/α,β-unsaturated/α-hetero) is 1. The second-order valence-electron chi connectivity index (χ2n) is 4.70. The Kier molecular flexibility index (Phi) is 4.22. The molecule has 0 N–H and O–H groups in total. The van der Waals surface area contributed by atoms with Crippen molar-refractivity contribution >= 4 is 17.4 Å². The quantitative estimate of drug-likeness (QED) is 0.781. The summed E-state index contributed by atoms with van der Waals surface area (Å²) in [5, 5.41) is 9.81. The molecule has 0 spiro atoms. The maximum Gasteiger partial charge on any atom is 0.184 e. The average molecular weight is 284 g/mol. The molecule has 0 bridgehead atoms. The first-order chi connectivity index (χ1) is 9.56. The monoisotopic (exact) mass is 283 g/mol. The van der Waals surface area contributed by atoms with Crippen molar-refractivity contribution in [1.29, 1.82) is 5.26 Å². The van der Waals surface area contributed by atoms with E-state index in [1.165, 1.54) is 0 Å². The fraction of sp³-hybridized carbons (Fsp3) is 0.176. The van der Waals surface area contributed by atoms with Crippen LogP contribution in [0.1, 0.15) is 33.0 Å². The molecule has 0 aliphatic rings. The first-order valence-corrected chi connectivity index (χ1v) is 6.68. The van der Waals surface area contributed by atoms with Crippen LogP contribution in [-0.2, 0) is 0 Å². The maximum atomic E-state index is 12.6. The second kappa shape index (κ2) is 5.90. The van der Waals surface area contributed by atoms with Crippen molar-refractivity contribution in [3.05, 3.63) is 69.7 Å². The number of aryl methyl sites for hydroxylation is 1. The first kappa shape index (κ1) is 14.3. The summed E-state index contributed by atoms with van der Waals surface area (Å²) in [6.45, 7) is 3.84. The molecule has 100 valence electrons. The average Bonchev–Trinajstić information content (AvgIpc) is 2.44. The van der Waals surface area contributed by atoms with E-state index in [9.17, 15) is 10.1 Å². The molecule has 20 heavy (non-hydrogen) atoms. The number of hydrogen-bond donors (Lipinski definition) is 0. The molecule has 0 aliphatic heterocycles. The van der Waals surface area contributed by atoms with Crippen molar-refractivity contribution in [2.24, 2.45) is 0 Å². The molecular weight excluding hydrogens is 270 g/mol. The smallest absolute Gasteiger partial charge is 0.184 e. The number of hydrogen-bond acceptors (Lipinski definition) is 2. The van der Waals surface area contributed by atoms with Gasteiger partial charge in [0, 0.05) is 10.6 Å². The summed E-state index contributed by atoms with van der Waals surface area (Å²) in [6, 6.07) is 14.6. The molecule has 2 aromatic rings. The van der Waals surface area contributed by atoms with Crippen molar-refractivity contribution in [2.45, 2.75) is 19.8 Å². The van der Waals surface area contributed by atoms with E-state index in [1.54, 1.807) is 30.3 Å². The Morgan fingerprint density at radius 1 is 1.15 bits per heavy atom. The molecule has 0 amide bonds. The summed E-state index contributed by atoms with van der Waals surface area (Å²) in [5.41, 5.74) is 3.08. The number of nitrogens with zero attached hydrogens (tertiary/aromatic N) is 1. The van der Waals surface area contributed by atoms with Crippen LogP contribution >= 0.6 is 11.6 Å². The zero-order valence-corrected chi connectivity index (χ0v) is 12.1. The van der Waals surface area contributed by atoms with Crippen LogP contribution in [0, 0.1) is 25.2 Å². The molecule has 0 fully saturated rings. The second-order valence-corrected chi connectivity index (χ2v) is 5.10. The van der Waals surface area contributed by atoms with Gasteiger partial charge in [0.05, 0.1) is 6.07 Å². The van der Waals surface area contributed by atoms with E-state index < -0.39 is 5.92 Å². The topological polar surface area (TPSA) is 40.9 Å². The minimum Gasteiger partial charge on any atom is -0.292 e. The molecule has 1 atom stereocenters. The highest BCUT2D eigenvalue weighted by Gasteiger charge is 2.25. The number of nitriles is 1. The Hall–Kier alpha value is -2.11. The van der Waals surface area contributed by atoms with Gasteiger partial charge in [-0.05, 0) is 36.6 Å². The van der Waals surface area contributed by atoms with E-state index in [-0.39, 0.29) is 5.78 Å². The molecule has 0 saturated heterocycles. The van der Waals surface area contributed by atoms with Gasteiger partial charge >= 0.3 is 0 Å². The summed E-state index contributed by atoms with van der Waals surface area (Å²) < 4.78 is 0. The number of carbonyl (C=O) groups excluding carboxylic acids is 1. The van der Waals surface area contributed by atoms with Gasteiger partial charge in [-0.15, -0.1) is 0 Å². The van der Waals surface area contributed by atoms with E-state index >= 15 is 0 Å². The minimum atomic E-state index is -0.871. The molecule has 0 radical (unpaired) electrons. The Morgan fingerprint density at radius 3 is 2.50 bits per heavy atom. The fourth-order valence-electron chi connectivity index (χ4n) is 2.15. The predicted molar refractivity (Wildman–Crippen MR) is 80.1 cm³/mol. The normalized spacial score (nSPS) is 11.7. The highest BCUT2D eigenvalue weighted by atomic mass is 35.5. The summed E-state index contributed by atoms with van der Waals surface area (Å²) in [5.74, 6) is -1.08. The van der Waals surface area contributed by atoms with Crippen LogP contribution in [0.25, 0.3) is 0 Å². The molecule has 1 unspecified atom stereocenters. The number of ketones is 1. The van der Waals surface area contributed by atoms with Crippen molar-refractivity contribution in [3.8, 4) is 6.07 Å². The highest BCUT2D eigenvalue weighted by molar-refractivity contribution is 6.31. The molecule has 2 aromatic carbocycles. The highest BCUT2D eigenvalue weighted by Crippen LogP contribution is 2.28. The molecule has 2 nitrogen and oxygen atoms in total. The van der Waals surface area contributed by atoms with Crippen LogP contribution < -0.4 is 0 Å². The van der Waals surface area contributed by atoms with Gasteiger partial charge in [-0.2, -0.15) is 5.26 Å². The van der Waals surface area contributed by atoms with Gasteiger partial charge in [-0.3, -0.25) is 4.79 Å². The molecule has 0 aliphatic carbocycles. The zero-order valence-electron chi connectivity index (χ0n) is 11.4. The third-order valence-electron chi connectivity index (χ3n) is 3.48. The zero-order chi connectivity index (χ0) is 14.7. The van der Waals surface area contributed by atoms with Crippen LogP contribution in [0.15, 0.2) is 42.5 Å². The van der Waals surface area contributed by atoms with Crippen LogP contribution in [-0.4, -0.2) is 5.78 Å². The first-order valence-electron chi connectivity index (χ1n) is 6.30. The number of carbonyl (C=O) groups is 1. The van der Waals surface area contributed by atoms with E-state index in [4.69, 9.17) is 11.6 Å². The molecule has 0 saturated carbocycles. The molecule has 0 heterocycles. The lowest BCUT2D eigenvalue weighted by molar-refractivity contribution is 0.0978. The van der Waals surface area contributed by atoms with Gasteiger partial charge in [0.2, 0.25) is 0 Å². The lowest BCUT2D eigenvalue weighted by Crippen LogP contribution is -2.13. The summed E-state index contributed by atoms with van der Waals surface area (Å²) in [7, 11) is 0. The van der Waals surface area contributed by atoms with Crippen molar-refractivity contribution in [2.75, 3.05) is 0 Å². The Bertz CT molecular complexity index is 700. The lowest BCUT2D eigenvalue weighted by atomic mass is 9.89. The summed E-state index contributed by atoms with van der Waals surface area (Å²) in [6.07, 6.45) is 0. The number of benzene rings is 2. The molecule has 3 heteroatoms. The fourth-order valence-corrected chi connectivity index (χ4v) is 2.40. The maximum absolute atomic E-state index is 12.6. The predicted octanol–water partition coefficient (Wildman–Crippen LogP) is 4.45.